The summed E-state index contributed by atoms with van der Waals surface area (Å²) in [6, 6.07) is 6.79. The lowest BCUT2D eigenvalue weighted by atomic mass is 10.1. The van der Waals surface area contributed by atoms with Crippen LogP contribution in [0.4, 0.5) is 5.69 Å². The highest BCUT2D eigenvalue weighted by molar-refractivity contribution is 5.82. The van der Waals surface area contributed by atoms with Crippen molar-refractivity contribution in [2.24, 2.45) is 0 Å². The van der Waals surface area contributed by atoms with Crippen molar-refractivity contribution in [3.05, 3.63) is 29.8 Å². The largest absolute Gasteiger partial charge is 0.480 e. The molecule has 5 heteroatoms. The van der Waals surface area contributed by atoms with Gasteiger partial charge in [0.2, 0.25) is 5.91 Å². The van der Waals surface area contributed by atoms with Crippen molar-refractivity contribution in [2.45, 2.75) is 19.9 Å². The summed E-state index contributed by atoms with van der Waals surface area (Å²) in [5, 5.41) is 11.5. The summed E-state index contributed by atoms with van der Waals surface area (Å²) in [7, 11) is 1.81. The van der Waals surface area contributed by atoms with Crippen molar-refractivity contribution in [3.63, 3.8) is 0 Å². The number of hydrogen-bond acceptors (Lipinski definition) is 3. The van der Waals surface area contributed by atoms with Gasteiger partial charge in [0.25, 0.3) is 0 Å². The van der Waals surface area contributed by atoms with E-state index in [0.29, 0.717) is 0 Å². The number of benzene rings is 1. The number of carboxylic acid groups (broad SMARTS) is 1. The lowest BCUT2D eigenvalue weighted by Crippen LogP contribution is -2.47. The third kappa shape index (κ3) is 3.76. The summed E-state index contributed by atoms with van der Waals surface area (Å²) in [5.41, 5.74) is 2.01. The van der Waals surface area contributed by atoms with E-state index in [1.807, 2.05) is 36.1 Å². The van der Waals surface area contributed by atoms with Gasteiger partial charge in [0.15, 0.2) is 0 Å². The summed E-state index contributed by atoms with van der Waals surface area (Å²) in [5.74, 6) is -1.38. The van der Waals surface area contributed by atoms with Gasteiger partial charge in [-0.15, -0.1) is 0 Å². The molecule has 0 aromatic heterocycles. The molecule has 0 saturated heterocycles. The maximum Gasteiger partial charge on any atom is 0.328 e. The fourth-order valence-electron chi connectivity index (χ4n) is 1.79. The van der Waals surface area contributed by atoms with E-state index < -0.39 is 12.0 Å². The normalized spacial score (nSPS) is 11.7. The lowest BCUT2D eigenvalue weighted by Gasteiger charge is -2.25. The third-order valence-corrected chi connectivity index (χ3v) is 2.66. The molecule has 1 unspecified atom stereocenters. The first-order valence-corrected chi connectivity index (χ1v) is 5.68. The number of hydrogen-bond donors (Lipinski definition) is 2. The topological polar surface area (TPSA) is 69.6 Å². The predicted molar refractivity (Wildman–Crippen MR) is 69.7 cm³/mol. The molecule has 1 aromatic carbocycles. The molecule has 0 bridgehead atoms. The number of amides is 1. The maximum atomic E-state index is 11.0. The van der Waals surface area contributed by atoms with Crippen molar-refractivity contribution >= 4 is 17.6 Å². The van der Waals surface area contributed by atoms with Crippen LogP contribution >= 0.6 is 0 Å². The molecule has 18 heavy (non-hydrogen) atoms. The Bertz CT molecular complexity index is 446. The maximum absolute atomic E-state index is 11.0. The predicted octanol–water partition coefficient (Wildman–Crippen LogP) is 1.02. The number of carboxylic acids is 1. The number of likely N-dealkylation sites (N-methyl/N-ethyl adjacent to an activating group) is 1. The highest BCUT2D eigenvalue weighted by Crippen LogP contribution is 2.17. The zero-order chi connectivity index (χ0) is 13.7. The van der Waals surface area contributed by atoms with E-state index in [-0.39, 0.29) is 12.5 Å². The summed E-state index contributed by atoms with van der Waals surface area (Å²) < 4.78 is 0. The molecule has 0 aliphatic rings. The molecule has 0 aliphatic carbocycles. The average molecular weight is 250 g/mol. The number of nitrogens with zero attached hydrogens (tertiary/aromatic N) is 1. The number of nitrogens with one attached hydrogen (secondary N) is 1. The van der Waals surface area contributed by atoms with Crippen LogP contribution in [-0.4, -0.2) is 36.6 Å². The first-order chi connectivity index (χ1) is 8.41. The third-order valence-electron chi connectivity index (χ3n) is 2.66. The minimum atomic E-state index is -1.04. The van der Waals surface area contributed by atoms with Crippen LogP contribution in [0.25, 0.3) is 0 Å². The van der Waals surface area contributed by atoms with Crippen LogP contribution in [0.2, 0.25) is 0 Å². The van der Waals surface area contributed by atoms with Gasteiger partial charge < -0.3 is 15.3 Å². The van der Waals surface area contributed by atoms with Gasteiger partial charge >= 0.3 is 5.97 Å². The van der Waals surface area contributed by atoms with Crippen LogP contribution in [0.1, 0.15) is 12.5 Å². The van der Waals surface area contributed by atoms with Crippen molar-refractivity contribution in [1.82, 2.24) is 5.32 Å². The molecule has 5 nitrogen and oxygen atoms in total. The Balaban J connectivity index is 2.78. The fourth-order valence-corrected chi connectivity index (χ4v) is 1.79. The summed E-state index contributed by atoms with van der Waals surface area (Å²) in [6.07, 6.45) is 0. The fraction of sp³-hybridized carbons (Fsp3) is 0.385. The van der Waals surface area contributed by atoms with Crippen molar-refractivity contribution < 1.29 is 14.7 Å². The van der Waals surface area contributed by atoms with Gasteiger partial charge in [0.05, 0.1) is 0 Å². The minimum absolute atomic E-state index is 0.222. The Labute approximate surface area is 106 Å². The molecule has 0 fully saturated rings. The van der Waals surface area contributed by atoms with Crippen LogP contribution in [-0.2, 0) is 9.59 Å². The molecule has 0 saturated carbocycles. The van der Waals surface area contributed by atoms with E-state index in [0.717, 1.165) is 11.3 Å². The Morgan fingerprint density at radius 2 is 2.00 bits per heavy atom. The minimum Gasteiger partial charge on any atom is -0.480 e. The molecule has 1 rings (SSSR count). The molecule has 0 spiro atoms. The van der Waals surface area contributed by atoms with Crippen molar-refractivity contribution in [2.75, 3.05) is 18.5 Å². The van der Waals surface area contributed by atoms with Crippen LogP contribution in [0.15, 0.2) is 24.3 Å². The van der Waals surface area contributed by atoms with Gasteiger partial charge in [-0.2, -0.15) is 0 Å². The quantitative estimate of drug-likeness (QED) is 0.818. The zero-order valence-electron chi connectivity index (χ0n) is 10.8. The van der Waals surface area contributed by atoms with Crippen LogP contribution in [0.5, 0.6) is 0 Å². The Morgan fingerprint density at radius 3 is 2.50 bits per heavy atom. The van der Waals surface area contributed by atoms with Crippen LogP contribution in [0, 0.1) is 6.92 Å². The monoisotopic (exact) mass is 250 g/mol. The van der Waals surface area contributed by atoms with Crippen LogP contribution in [0.3, 0.4) is 0 Å². The van der Waals surface area contributed by atoms with Crippen LogP contribution < -0.4 is 10.2 Å². The number of carbonyl (C=O) groups is 2. The van der Waals surface area contributed by atoms with Gasteiger partial charge in [0, 0.05) is 26.2 Å². The number of anilines is 1. The van der Waals surface area contributed by atoms with E-state index in [1.54, 1.807) is 7.05 Å². The standard InChI is InChI=1S/C13H18N2O3/c1-9-6-4-5-7-12(9)15(3)8-11(13(17)18)14-10(2)16/h4-7,11H,8H2,1-3H3,(H,14,16)(H,17,18). The number of aliphatic carboxylic acids is 1. The molecular formula is C13H18N2O3. The average Bonchev–Trinajstić information content (AvgIpc) is 2.27. The van der Waals surface area contributed by atoms with Crippen molar-refractivity contribution in [1.29, 1.82) is 0 Å². The number of rotatable bonds is 5. The smallest absolute Gasteiger partial charge is 0.328 e. The molecule has 2 N–H and O–H groups in total. The Morgan fingerprint density at radius 1 is 1.39 bits per heavy atom. The molecular weight excluding hydrogens is 232 g/mol. The van der Waals surface area contributed by atoms with Gasteiger partial charge in [-0.3, -0.25) is 4.79 Å². The van der Waals surface area contributed by atoms with E-state index >= 15 is 0 Å². The second-order valence-electron chi connectivity index (χ2n) is 4.26. The van der Waals surface area contributed by atoms with Crippen molar-refractivity contribution in [3.8, 4) is 0 Å². The van der Waals surface area contributed by atoms with Gasteiger partial charge in [0.1, 0.15) is 6.04 Å². The second kappa shape index (κ2) is 6.05. The SMILES string of the molecule is CC(=O)NC(CN(C)c1ccccc1C)C(=O)O. The first kappa shape index (κ1) is 14.0. The summed E-state index contributed by atoms with van der Waals surface area (Å²) >= 11 is 0. The van der Waals surface area contributed by atoms with Gasteiger partial charge in [-0.25, -0.2) is 4.79 Å². The first-order valence-electron chi connectivity index (χ1n) is 5.68. The zero-order valence-corrected chi connectivity index (χ0v) is 10.8. The van der Waals surface area contributed by atoms with E-state index in [2.05, 4.69) is 5.32 Å². The number of para-hydroxylation sites is 1. The molecule has 0 aliphatic heterocycles. The number of carbonyl (C=O) groups excluding carboxylic acids is 1. The van der Waals surface area contributed by atoms with E-state index in [9.17, 15) is 9.59 Å². The lowest BCUT2D eigenvalue weighted by molar-refractivity contribution is -0.141. The molecule has 1 aromatic rings. The Kier molecular flexibility index (Phi) is 4.71. The second-order valence-corrected chi connectivity index (χ2v) is 4.26. The Hall–Kier alpha value is -2.04. The highest BCUT2D eigenvalue weighted by atomic mass is 16.4. The molecule has 0 radical (unpaired) electrons. The molecule has 1 atom stereocenters. The summed E-state index contributed by atoms with van der Waals surface area (Å²) in [4.78, 5) is 23.8. The molecule has 98 valence electrons. The van der Waals surface area contributed by atoms with E-state index in [1.165, 1.54) is 6.92 Å². The van der Waals surface area contributed by atoms with Gasteiger partial charge in [-0.1, -0.05) is 18.2 Å². The molecule has 1 amide bonds. The molecule has 0 heterocycles. The summed E-state index contributed by atoms with van der Waals surface area (Å²) in [6.45, 7) is 3.49. The van der Waals surface area contributed by atoms with Gasteiger partial charge in [-0.05, 0) is 18.6 Å². The highest BCUT2D eigenvalue weighted by Gasteiger charge is 2.20. The number of aryl methyl sites for hydroxylation is 1. The van der Waals surface area contributed by atoms with E-state index in [4.69, 9.17) is 5.11 Å².